The molecule has 1 aromatic rings. The van der Waals surface area contributed by atoms with Gasteiger partial charge >= 0.3 is 5.00 Å². The van der Waals surface area contributed by atoms with E-state index in [9.17, 15) is 10.1 Å². The van der Waals surface area contributed by atoms with Crippen LogP contribution in [0.2, 0.25) is 0 Å². The molecule has 0 N–H and O–H groups in total. The van der Waals surface area contributed by atoms with Crippen LogP contribution in [0.5, 0.6) is 0 Å². The van der Waals surface area contributed by atoms with E-state index in [0.717, 1.165) is 11.3 Å². The zero-order valence-electron chi connectivity index (χ0n) is 5.70. The van der Waals surface area contributed by atoms with Gasteiger partial charge in [0.15, 0.2) is 0 Å². The van der Waals surface area contributed by atoms with Gasteiger partial charge in [0.25, 0.3) is 0 Å². The van der Waals surface area contributed by atoms with Crippen molar-refractivity contribution in [3.63, 3.8) is 0 Å². The molecule has 0 saturated heterocycles. The van der Waals surface area contributed by atoms with Crippen LogP contribution in [-0.4, -0.2) is 4.92 Å². The third-order valence-electron chi connectivity index (χ3n) is 1.19. The van der Waals surface area contributed by atoms with Gasteiger partial charge in [-0.1, -0.05) is 11.3 Å². The molecule has 4 nitrogen and oxygen atoms in total. The number of hydrogen-bond acceptors (Lipinski definition) is 4. The van der Waals surface area contributed by atoms with Gasteiger partial charge in [-0.25, -0.2) is 0 Å². The average molecular weight is 168 g/mol. The Kier molecular flexibility index (Phi) is 1.87. The van der Waals surface area contributed by atoms with Crippen molar-refractivity contribution in [1.29, 1.82) is 5.26 Å². The Balaban J connectivity index is 3.18. The minimum absolute atomic E-state index is 0.0269. The smallest absolute Gasteiger partial charge is 0.258 e. The molecule has 1 rings (SSSR count). The number of nitriles is 1. The number of aryl methyl sites for hydroxylation is 1. The molecule has 0 unspecified atom stereocenters. The number of thiophene rings is 1. The molecular weight excluding hydrogens is 164 g/mol. The Morgan fingerprint density at radius 3 is 2.73 bits per heavy atom. The first-order valence-corrected chi connectivity index (χ1v) is 3.61. The first-order valence-electron chi connectivity index (χ1n) is 2.80. The van der Waals surface area contributed by atoms with Crippen LogP contribution >= 0.6 is 11.3 Å². The summed E-state index contributed by atoms with van der Waals surface area (Å²) in [6.45, 7) is 1.68. The van der Waals surface area contributed by atoms with E-state index >= 15 is 0 Å². The van der Waals surface area contributed by atoms with Crippen molar-refractivity contribution in [3.8, 4) is 6.07 Å². The Bertz CT molecular complexity index is 337. The van der Waals surface area contributed by atoms with E-state index in [2.05, 4.69) is 0 Å². The summed E-state index contributed by atoms with van der Waals surface area (Å²) in [7, 11) is 0. The first kappa shape index (κ1) is 7.69. The molecule has 0 fully saturated rings. The topological polar surface area (TPSA) is 66.9 Å². The molecule has 0 amide bonds. The Labute approximate surface area is 66.8 Å². The molecule has 5 heteroatoms. The standard InChI is InChI=1S/C6H4N2O2S/c1-4-2-6(8(9)10)11-5(4)3-7/h2H,1H3. The Hall–Kier alpha value is -1.41. The summed E-state index contributed by atoms with van der Waals surface area (Å²) in [5.41, 5.74) is 0.671. The van der Waals surface area contributed by atoms with Gasteiger partial charge in [0.05, 0.1) is 4.92 Å². The minimum Gasteiger partial charge on any atom is -0.258 e. The fourth-order valence-corrected chi connectivity index (χ4v) is 1.45. The van der Waals surface area contributed by atoms with Crippen LogP contribution in [-0.2, 0) is 0 Å². The molecule has 0 aliphatic carbocycles. The molecular formula is C6H4N2O2S. The van der Waals surface area contributed by atoms with E-state index in [1.807, 2.05) is 6.07 Å². The van der Waals surface area contributed by atoms with Crippen molar-refractivity contribution in [3.05, 3.63) is 26.6 Å². The second kappa shape index (κ2) is 2.68. The summed E-state index contributed by atoms with van der Waals surface area (Å²) in [6.07, 6.45) is 0. The molecule has 0 aromatic carbocycles. The van der Waals surface area contributed by atoms with Crippen molar-refractivity contribution < 1.29 is 4.92 Å². The van der Waals surface area contributed by atoms with Crippen molar-refractivity contribution >= 4 is 16.3 Å². The quantitative estimate of drug-likeness (QED) is 0.474. The predicted octanol–water partition coefficient (Wildman–Crippen LogP) is 1.84. The summed E-state index contributed by atoms with van der Waals surface area (Å²) in [6, 6.07) is 3.29. The molecule has 0 atom stereocenters. The lowest BCUT2D eigenvalue weighted by molar-refractivity contribution is -0.380. The molecule has 56 valence electrons. The highest BCUT2D eigenvalue weighted by molar-refractivity contribution is 7.15. The van der Waals surface area contributed by atoms with Gasteiger partial charge in [0.2, 0.25) is 0 Å². The second-order valence-electron chi connectivity index (χ2n) is 1.97. The maximum Gasteiger partial charge on any atom is 0.325 e. The summed E-state index contributed by atoms with van der Waals surface area (Å²) >= 11 is 0.907. The van der Waals surface area contributed by atoms with Crippen molar-refractivity contribution in [2.45, 2.75) is 6.92 Å². The molecule has 1 aromatic heterocycles. The molecule has 0 radical (unpaired) electrons. The average Bonchev–Trinajstić information content (AvgIpc) is 2.31. The summed E-state index contributed by atoms with van der Waals surface area (Å²) < 4.78 is 0. The van der Waals surface area contributed by atoms with E-state index in [-0.39, 0.29) is 5.00 Å². The van der Waals surface area contributed by atoms with Gasteiger partial charge in [0, 0.05) is 6.07 Å². The van der Waals surface area contributed by atoms with Gasteiger partial charge < -0.3 is 0 Å². The van der Waals surface area contributed by atoms with E-state index in [0.29, 0.717) is 10.4 Å². The zero-order chi connectivity index (χ0) is 8.43. The fourth-order valence-electron chi connectivity index (χ4n) is 0.666. The van der Waals surface area contributed by atoms with Crippen molar-refractivity contribution in [2.75, 3.05) is 0 Å². The highest BCUT2D eigenvalue weighted by atomic mass is 32.1. The molecule has 0 spiro atoms. The number of nitrogens with zero attached hydrogens (tertiary/aromatic N) is 2. The second-order valence-corrected chi connectivity index (χ2v) is 3.00. The molecule has 1 heterocycles. The molecule has 0 aliphatic heterocycles. The molecule has 0 bridgehead atoms. The lowest BCUT2D eigenvalue weighted by Gasteiger charge is -1.77. The largest absolute Gasteiger partial charge is 0.325 e. The van der Waals surface area contributed by atoms with Gasteiger partial charge in [-0.05, 0) is 12.5 Å². The van der Waals surface area contributed by atoms with Gasteiger partial charge in [-0.2, -0.15) is 5.26 Å². The van der Waals surface area contributed by atoms with Crippen molar-refractivity contribution in [2.24, 2.45) is 0 Å². The summed E-state index contributed by atoms with van der Waals surface area (Å²) in [5.74, 6) is 0. The molecule has 0 aliphatic rings. The molecule has 0 saturated carbocycles. The SMILES string of the molecule is Cc1cc([N+](=O)[O-])sc1C#N. The van der Waals surface area contributed by atoms with Gasteiger partial charge in [0.1, 0.15) is 10.9 Å². The van der Waals surface area contributed by atoms with E-state index in [1.165, 1.54) is 6.07 Å². The van der Waals surface area contributed by atoms with Crippen LogP contribution in [0.25, 0.3) is 0 Å². The lowest BCUT2D eigenvalue weighted by atomic mass is 10.3. The Morgan fingerprint density at radius 2 is 2.45 bits per heavy atom. The highest BCUT2D eigenvalue weighted by Crippen LogP contribution is 2.27. The molecule has 11 heavy (non-hydrogen) atoms. The van der Waals surface area contributed by atoms with Gasteiger partial charge in [-0.15, -0.1) is 0 Å². The maximum atomic E-state index is 10.2. The summed E-state index contributed by atoms with van der Waals surface area (Å²) in [4.78, 5) is 10.1. The van der Waals surface area contributed by atoms with Crippen molar-refractivity contribution in [1.82, 2.24) is 0 Å². The van der Waals surface area contributed by atoms with Crippen LogP contribution < -0.4 is 0 Å². The van der Waals surface area contributed by atoms with Crippen LogP contribution in [0.3, 0.4) is 0 Å². The Morgan fingerprint density at radius 1 is 1.82 bits per heavy atom. The van der Waals surface area contributed by atoms with Crippen LogP contribution in [0.1, 0.15) is 10.4 Å². The van der Waals surface area contributed by atoms with E-state index in [4.69, 9.17) is 5.26 Å². The zero-order valence-corrected chi connectivity index (χ0v) is 6.51. The lowest BCUT2D eigenvalue weighted by Crippen LogP contribution is -1.80. The highest BCUT2D eigenvalue weighted by Gasteiger charge is 2.12. The van der Waals surface area contributed by atoms with Gasteiger partial charge in [-0.3, -0.25) is 10.1 Å². The summed E-state index contributed by atoms with van der Waals surface area (Å²) in [5, 5.41) is 18.7. The third kappa shape index (κ3) is 1.36. The minimum atomic E-state index is -0.488. The van der Waals surface area contributed by atoms with E-state index in [1.54, 1.807) is 6.92 Å². The maximum absolute atomic E-state index is 10.2. The normalized spacial score (nSPS) is 9.09. The van der Waals surface area contributed by atoms with Crippen LogP contribution in [0.15, 0.2) is 6.07 Å². The van der Waals surface area contributed by atoms with E-state index < -0.39 is 4.92 Å². The number of rotatable bonds is 1. The number of hydrogen-bond donors (Lipinski definition) is 0. The van der Waals surface area contributed by atoms with Crippen LogP contribution in [0.4, 0.5) is 5.00 Å². The number of nitro groups is 1. The fraction of sp³-hybridized carbons (Fsp3) is 0.167. The third-order valence-corrected chi connectivity index (χ3v) is 2.28. The van der Waals surface area contributed by atoms with Crippen LogP contribution in [0, 0.1) is 28.4 Å². The predicted molar refractivity (Wildman–Crippen MR) is 40.4 cm³/mol. The monoisotopic (exact) mass is 168 g/mol. The first-order chi connectivity index (χ1) is 5.15.